The summed E-state index contributed by atoms with van der Waals surface area (Å²) >= 11 is 0. The van der Waals surface area contributed by atoms with Gasteiger partial charge in [0.25, 0.3) is 5.56 Å². The zero-order valence-electron chi connectivity index (χ0n) is 10.9. The predicted molar refractivity (Wildman–Crippen MR) is 65.6 cm³/mol. The number of ether oxygens (including phenoxy) is 1. The summed E-state index contributed by atoms with van der Waals surface area (Å²) in [5.41, 5.74) is -4.28. The first kappa shape index (κ1) is 16.3. The van der Waals surface area contributed by atoms with Crippen LogP contribution in [-0.2, 0) is 4.74 Å². The smallest absolute Gasteiger partial charge is 0.392 e. The van der Waals surface area contributed by atoms with E-state index in [-0.39, 0.29) is 0 Å². The van der Waals surface area contributed by atoms with Crippen molar-refractivity contribution in [3.63, 3.8) is 0 Å². The summed E-state index contributed by atoms with van der Waals surface area (Å²) in [6.45, 7) is -1.08. The van der Waals surface area contributed by atoms with Crippen molar-refractivity contribution in [3.8, 4) is 12.3 Å². The molecule has 22 heavy (non-hydrogen) atoms. The van der Waals surface area contributed by atoms with Gasteiger partial charge in [-0.25, -0.2) is 4.79 Å². The van der Waals surface area contributed by atoms with Gasteiger partial charge in [0, 0.05) is 12.3 Å². The lowest BCUT2D eigenvalue weighted by atomic mass is 9.90. The Hall–Kier alpha value is -2.09. The number of aromatic amines is 1. The fourth-order valence-electron chi connectivity index (χ4n) is 2.30. The third kappa shape index (κ3) is 2.43. The second kappa shape index (κ2) is 5.28. The Morgan fingerprint density at radius 1 is 1.50 bits per heavy atom. The normalized spacial score (nSPS) is 31.9. The van der Waals surface area contributed by atoms with Gasteiger partial charge >= 0.3 is 11.9 Å². The van der Waals surface area contributed by atoms with Crippen molar-refractivity contribution in [1.29, 1.82) is 0 Å². The molecule has 2 rings (SSSR count). The maximum absolute atomic E-state index is 13.2. The number of aliphatic hydroxyl groups is 2. The van der Waals surface area contributed by atoms with E-state index in [0.29, 0.717) is 4.57 Å². The summed E-state index contributed by atoms with van der Waals surface area (Å²) in [6.07, 6.45) is -3.41. The number of H-pyrrole nitrogens is 1. The topological polar surface area (TPSA) is 105 Å². The molecule has 0 aromatic carbocycles. The van der Waals surface area contributed by atoms with Crippen LogP contribution in [0.15, 0.2) is 21.9 Å². The van der Waals surface area contributed by atoms with Gasteiger partial charge in [0.05, 0.1) is 6.61 Å². The molecule has 1 saturated heterocycles. The average molecular weight is 320 g/mol. The first-order valence-electron chi connectivity index (χ1n) is 5.99. The van der Waals surface area contributed by atoms with Gasteiger partial charge in [0.1, 0.15) is 12.0 Å². The van der Waals surface area contributed by atoms with Gasteiger partial charge in [0.2, 0.25) is 0 Å². The lowest BCUT2D eigenvalue weighted by molar-refractivity contribution is -0.211. The number of halogens is 3. The predicted octanol–water partition coefficient (Wildman–Crippen LogP) is -1.03. The maximum Gasteiger partial charge on any atom is 0.398 e. The molecule has 1 aliphatic rings. The highest BCUT2D eigenvalue weighted by Crippen LogP contribution is 2.48. The molecular weight excluding hydrogens is 309 g/mol. The molecule has 0 bridgehead atoms. The monoisotopic (exact) mass is 320 g/mol. The number of hydrogen-bond acceptors (Lipinski definition) is 5. The summed E-state index contributed by atoms with van der Waals surface area (Å²) in [5.74, 6) is -0.756. The van der Waals surface area contributed by atoms with Gasteiger partial charge < -0.3 is 14.9 Å². The number of alkyl halides is 3. The fourth-order valence-corrected chi connectivity index (χ4v) is 2.30. The molecule has 1 aromatic heterocycles. The Bertz CT molecular complexity index is 719. The molecule has 1 fully saturated rings. The van der Waals surface area contributed by atoms with Crippen molar-refractivity contribution in [2.75, 3.05) is 6.61 Å². The van der Waals surface area contributed by atoms with Crippen LogP contribution in [0.4, 0.5) is 13.2 Å². The zero-order valence-corrected chi connectivity index (χ0v) is 10.9. The summed E-state index contributed by atoms with van der Waals surface area (Å²) in [7, 11) is 0. The van der Waals surface area contributed by atoms with Crippen molar-refractivity contribution in [2.24, 2.45) is 5.92 Å². The third-order valence-corrected chi connectivity index (χ3v) is 3.44. The molecule has 3 N–H and O–H groups in total. The molecule has 10 heteroatoms. The molecule has 7 nitrogen and oxygen atoms in total. The second-order valence-electron chi connectivity index (χ2n) is 4.73. The maximum atomic E-state index is 13.2. The molecule has 2 heterocycles. The van der Waals surface area contributed by atoms with Crippen LogP contribution in [0.2, 0.25) is 0 Å². The van der Waals surface area contributed by atoms with Crippen LogP contribution >= 0.6 is 0 Å². The largest absolute Gasteiger partial charge is 0.398 e. The number of terminal acetylenes is 1. The Kier molecular flexibility index (Phi) is 3.90. The molecule has 0 amide bonds. The Morgan fingerprint density at radius 3 is 2.59 bits per heavy atom. The first-order chi connectivity index (χ1) is 10.2. The highest BCUT2D eigenvalue weighted by Gasteiger charge is 2.64. The Labute approximate surface area is 121 Å². The van der Waals surface area contributed by atoms with Crippen LogP contribution in [0.5, 0.6) is 0 Å². The van der Waals surface area contributed by atoms with Crippen molar-refractivity contribution in [2.45, 2.75) is 24.1 Å². The second-order valence-corrected chi connectivity index (χ2v) is 4.73. The third-order valence-electron chi connectivity index (χ3n) is 3.44. The zero-order chi connectivity index (χ0) is 16.7. The molecule has 0 spiro atoms. The van der Waals surface area contributed by atoms with Crippen molar-refractivity contribution in [3.05, 3.63) is 33.1 Å². The van der Waals surface area contributed by atoms with E-state index in [9.17, 15) is 33.0 Å². The highest BCUT2D eigenvalue weighted by molar-refractivity contribution is 5.18. The number of aliphatic hydroxyl groups excluding tert-OH is 2. The molecular formula is C12H11F3N2O5. The highest BCUT2D eigenvalue weighted by atomic mass is 19.4. The lowest BCUT2D eigenvalue weighted by Crippen LogP contribution is -2.46. The molecule has 120 valence electrons. The van der Waals surface area contributed by atoms with Gasteiger partial charge in [-0.3, -0.25) is 14.3 Å². The molecule has 0 radical (unpaired) electrons. The molecule has 1 aliphatic heterocycles. The van der Waals surface area contributed by atoms with Gasteiger partial charge in [-0.05, 0) is 0 Å². The molecule has 1 aromatic rings. The van der Waals surface area contributed by atoms with E-state index in [1.165, 1.54) is 0 Å². The summed E-state index contributed by atoms with van der Waals surface area (Å²) in [5, 5.41) is 19.1. The van der Waals surface area contributed by atoms with Crippen molar-refractivity contribution in [1.82, 2.24) is 9.55 Å². The number of hydrogen-bond donors (Lipinski definition) is 3. The van der Waals surface area contributed by atoms with E-state index in [2.05, 4.69) is 0 Å². The lowest BCUT2D eigenvalue weighted by Gasteiger charge is -2.25. The van der Waals surface area contributed by atoms with E-state index in [1.54, 1.807) is 10.9 Å². The minimum atomic E-state index is -4.96. The fraction of sp³-hybridized carbons (Fsp3) is 0.500. The number of aromatic nitrogens is 2. The van der Waals surface area contributed by atoms with Crippen LogP contribution in [0, 0.1) is 18.3 Å². The van der Waals surface area contributed by atoms with Gasteiger partial charge in [-0.15, -0.1) is 6.42 Å². The summed E-state index contributed by atoms with van der Waals surface area (Å²) < 4.78 is 45.0. The number of nitrogens with zero attached hydrogens (tertiary/aromatic N) is 1. The minimum absolute atomic E-state index is 0.456. The van der Waals surface area contributed by atoms with Crippen molar-refractivity contribution < 1.29 is 28.1 Å². The summed E-state index contributed by atoms with van der Waals surface area (Å²) in [4.78, 5) is 24.4. The SMILES string of the molecule is C#CC1(CO)O[C@@H](n2ccc(=O)[nH]c2=O)[C@@H](C(F)(F)F)[C@@H]1O. The minimum Gasteiger partial charge on any atom is -0.392 e. The van der Waals surface area contributed by atoms with Crippen LogP contribution in [0.25, 0.3) is 0 Å². The molecule has 0 aliphatic carbocycles. The Balaban J connectivity index is 2.60. The molecule has 1 unspecified atom stereocenters. The number of nitrogens with one attached hydrogen (secondary N) is 1. The Morgan fingerprint density at radius 2 is 2.14 bits per heavy atom. The quantitative estimate of drug-likeness (QED) is 0.605. The number of rotatable bonds is 2. The standard InChI is InChI=1S/C12H11F3N2O5/c1-2-11(5-18)8(20)7(12(13,14)15)9(22-11)17-4-3-6(19)16-10(17)21/h1,3-4,7-9,18,20H,5H2,(H,16,19,21)/t7-,8-,9+,11?/m0/s1. The van der Waals surface area contributed by atoms with E-state index in [0.717, 1.165) is 12.3 Å². The average Bonchev–Trinajstić information content (AvgIpc) is 2.72. The summed E-state index contributed by atoms with van der Waals surface area (Å²) in [6, 6.07) is 0.819. The van der Waals surface area contributed by atoms with Gasteiger partial charge in [-0.2, -0.15) is 13.2 Å². The van der Waals surface area contributed by atoms with Crippen LogP contribution in [0.1, 0.15) is 6.23 Å². The van der Waals surface area contributed by atoms with Gasteiger partial charge in [0.15, 0.2) is 11.8 Å². The van der Waals surface area contributed by atoms with Crippen molar-refractivity contribution >= 4 is 0 Å². The first-order valence-corrected chi connectivity index (χ1v) is 5.99. The van der Waals surface area contributed by atoms with E-state index in [4.69, 9.17) is 11.2 Å². The van der Waals surface area contributed by atoms with Crippen LogP contribution in [-0.4, -0.2) is 44.3 Å². The van der Waals surface area contributed by atoms with E-state index in [1.807, 2.05) is 0 Å². The van der Waals surface area contributed by atoms with Crippen LogP contribution in [0.3, 0.4) is 0 Å². The molecule has 4 atom stereocenters. The van der Waals surface area contributed by atoms with Gasteiger partial charge in [-0.1, -0.05) is 5.92 Å². The van der Waals surface area contributed by atoms with E-state index < -0.39 is 47.9 Å². The van der Waals surface area contributed by atoms with E-state index >= 15 is 0 Å². The molecule has 0 saturated carbocycles. The van der Waals surface area contributed by atoms with Crippen LogP contribution < -0.4 is 11.2 Å².